The van der Waals surface area contributed by atoms with E-state index >= 15 is 0 Å². The van der Waals surface area contributed by atoms with Crippen LogP contribution in [0.25, 0.3) is 4.96 Å². The van der Waals surface area contributed by atoms with Gasteiger partial charge in [-0.15, -0.1) is 35.3 Å². The molecule has 0 atom stereocenters. The number of hydrogen-bond acceptors (Lipinski definition) is 4. The number of nitrogens with zero attached hydrogens (tertiary/aromatic N) is 4. The van der Waals surface area contributed by atoms with Gasteiger partial charge in [0.15, 0.2) is 10.9 Å². The SMILES string of the molecule is CN=C(NCc1ccccn1)NCc1cn2ccsc2n1.I. The van der Waals surface area contributed by atoms with Crippen LogP contribution in [0.5, 0.6) is 0 Å². The standard InChI is InChI=1S/C14H16N6S.HI/c1-15-13(17-8-11-4-2-3-5-16-11)18-9-12-10-20-6-7-21-14(20)19-12;/h2-7,10H,8-9H2,1H3,(H2,15,17,18);1H. The van der Waals surface area contributed by atoms with E-state index in [9.17, 15) is 0 Å². The molecule has 0 unspecified atom stereocenters. The highest BCUT2D eigenvalue weighted by Crippen LogP contribution is 2.10. The first kappa shape index (κ1) is 16.7. The van der Waals surface area contributed by atoms with Crippen LogP contribution >= 0.6 is 35.3 Å². The van der Waals surface area contributed by atoms with Crippen molar-refractivity contribution in [2.24, 2.45) is 4.99 Å². The molecular formula is C14H17IN6S. The summed E-state index contributed by atoms with van der Waals surface area (Å²) in [7, 11) is 1.75. The maximum Gasteiger partial charge on any atom is 0.193 e. The molecule has 0 aromatic carbocycles. The number of hydrogen-bond donors (Lipinski definition) is 2. The van der Waals surface area contributed by atoms with Crippen LogP contribution in [-0.4, -0.2) is 27.4 Å². The van der Waals surface area contributed by atoms with Crippen molar-refractivity contribution in [2.75, 3.05) is 7.05 Å². The maximum atomic E-state index is 4.52. The molecule has 8 heteroatoms. The summed E-state index contributed by atoms with van der Waals surface area (Å²) in [5, 5.41) is 8.50. The molecule has 2 N–H and O–H groups in total. The van der Waals surface area contributed by atoms with Gasteiger partial charge in [0.1, 0.15) is 0 Å². The number of fused-ring (bicyclic) bond motifs is 1. The van der Waals surface area contributed by atoms with Gasteiger partial charge in [0.25, 0.3) is 0 Å². The topological polar surface area (TPSA) is 66.6 Å². The normalized spacial score (nSPS) is 11.2. The van der Waals surface area contributed by atoms with Gasteiger partial charge in [0, 0.05) is 31.0 Å². The second-order valence-corrected chi connectivity index (χ2v) is 5.30. The molecule has 0 spiro atoms. The zero-order chi connectivity index (χ0) is 14.5. The second-order valence-electron chi connectivity index (χ2n) is 4.43. The Hall–Kier alpha value is -1.68. The quantitative estimate of drug-likeness (QED) is 0.380. The molecule has 0 radical (unpaired) electrons. The maximum absolute atomic E-state index is 4.52. The van der Waals surface area contributed by atoms with E-state index in [1.54, 1.807) is 24.6 Å². The lowest BCUT2D eigenvalue weighted by Crippen LogP contribution is -2.36. The second kappa shape index (κ2) is 8.08. The first-order valence-corrected chi connectivity index (χ1v) is 7.48. The van der Waals surface area contributed by atoms with E-state index in [4.69, 9.17) is 0 Å². The van der Waals surface area contributed by atoms with Crippen molar-refractivity contribution in [3.05, 3.63) is 53.6 Å². The fourth-order valence-corrected chi connectivity index (χ4v) is 2.65. The fraction of sp³-hybridized carbons (Fsp3) is 0.214. The summed E-state index contributed by atoms with van der Waals surface area (Å²) in [4.78, 5) is 14.0. The number of guanidine groups is 1. The minimum absolute atomic E-state index is 0. The average molecular weight is 428 g/mol. The molecule has 0 aliphatic heterocycles. The third-order valence-corrected chi connectivity index (χ3v) is 3.74. The molecule has 22 heavy (non-hydrogen) atoms. The molecule has 0 saturated carbocycles. The van der Waals surface area contributed by atoms with Crippen LogP contribution in [0.2, 0.25) is 0 Å². The Labute approximate surface area is 149 Å². The molecule has 0 aliphatic carbocycles. The van der Waals surface area contributed by atoms with Gasteiger partial charge in [0.05, 0.1) is 24.5 Å². The number of nitrogens with one attached hydrogen (secondary N) is 2. The van der Waals surface area contributed by atoms with Gasteiger partial charge in [-0.1, -0.05) is 6.07 Å². The Morgan fingerprint density at radius 1 is 1.27 bits per heavy atom. The third kappa shape index (κ3) is 4.17. The summed E-state index contributed by atoms with van der Waals surface area (Å²) in [5.74, 6) is 0.733. The van der Waals surface area contributed by atoms with Crippen LogP contribution in [0.4, 0.5) is 0 Å². The van der Waals surface area contributed by atoms with Gasteiger partial charge >= 0.3 is 0 Å². The van der Waals surface area contributed by atoms with E-state index in [0.29, 0.717) is 13.1 Å². The molecule has 6 nitrogen and oxygen atoms in total. The van der Waals surface area contributed by atoms with Gasteiger partial charge in [-0.3, -0.25) is 14.4 Å². The zero-order valence-corrected chi connectivity index (χ0v) is 15.2. The van der Waals surface area contributed by atoms with Gasteiger partial charge in [0.2, 0.25) is 0 Å². The predicted octanol–water partition coefficient (Wildman–Crippen LogP) is 2.27. The van der Waals surface area contributed by atoms with Crippen molar-refractivity contribution < 1.29 is 0 Å². The molecule has 0 bridgehead atoms. The van der Waals surface area contributed by atoms with Gasteiger partial charge < -0.3 is 10.6 Å². The summed E-state index contributed by atoms with van der Waals surface area (Å²) < 4.78 is 2.02. The molecule has 3 aromatic rings. The number of rotatable bonds is 4. The number of aromatic nitrogens is 3. The van der Waals surface area contributed by atoms with Crippen LogP contribution in [0.3, 0.4) is 0 Å². The van der Waals surface area contributed by atoms with Crippen LogP contribution < -0.4 is 10.6 Å². The number of thiazole rings is 1. The van der Waals surface area contributed by atoms with Crippen molar-refractivity contribution in [2.45, 2.75) is 13.1 Å². The summed E-state index contributed by atoms with van der Waals surface area (Å²) >= 11 is 1.63. The van der Waals surface area contributed by atoms with Crippen molar-refractivity contribution in [3.8, 4) is 0 Å². The Kier molecular flexibility index (Phi) is 6.13. The van der Waals surface area contributed by atoms with Crippen LogP contribution in [0.15, 0.2) is 47.2 Å². The van der Waals surface area contributed by atoms with Crippen molar-refractivity contribution in [3.63, 3.8) is 0 Å². The number of pyridine rings is 1. The minimum atomic E-state index is 0. The number of imidazole rings is 1. The molecule has 0 fully saturated rings. The molecule has 3 aromatic heterocycles. The van der Waals surface area contributed by atoms with E-state index in [2.05, 4.69) is 25.6 Å². The van der Waals surface area contributed by atoms with Crippen LogP contribution in [-0.2, 0) is 13.1 Å². The van der Waals surface area contributed by atoms with Gasteiger partial charge in [-0.05, 0) is 12.1 Å². The van der Waals surface area contributed by atoms with Crippen molar-refractivity contribution in [1.82, 2.24) is 25.0 Å². The van der Waals surface area contributed by atoms with E-state index in [0.717, 1.165) is 22.3 Å². The lowest BCUT2D eigenvalue weighted by molar-refractivity contribution is 0.786. The highest BCUT2D eigenvalue weighted by molar-refractivity contribution is 14.0. The molecular weight excluding hydrogens is 411 g/mol. The van der Waals surface area contributed by atoms with Crippen LogP contribution in [0.1, 0.15) is 11.4 Å². The van der Waals surface area contributed by atoms with Gasteiger partial charge in [-0.2, -0.15) is 0 Å². The molecule has 3 rings (SSSR count). The Balaban J connectivity index is 0.00000176. The van der Waals surface area contributed by atoms with Gasteiger partial charge in [-0.25, -0.2) is 4.98 Å². The monoisotopic (exact) mass is 428 g/mol. The first-order valence-electron chi connectivity index (χ1n) is 6.60. The Morgan fingerprint density at radius 2 is 2.09 bits per heavy atom. The molecule has 116 valence electrons. The summed E-state index contributed by atoms with van der Waals surface area (Å²) in [6.07, 6.45) is 5.81. The van der Waals surface area contributed by atoms with E-state index in [-0.39, 0.29) is 24.0 Å². The van der Waals surface area contributed by atoms with Crippen LogP contribution in [0, 0.1) is 0 Å². The van der Waals surface area contributed by atoms with E-state index in [1.165, 1.54) is 0 Å². The number of halogens is 1. The third-order valence-electron chi connectivity index (χ3n) is 2.97. The van der Waals surface area contributed by atoms with E-state index in [1.807, 2.05) is 40.4 Å². The zero-order valence-electron chi connectivity index (χ0n) is 12.1. The fourth-order valence-electron chi connectivity index (χ4n) is 1.93. The molecule has 0 saturated heterocycles. The minimum Gasteiger partial charge on any atom is -0.351 e. The molecule has 3 heterocycles. The smallest absolute Gasteiger partial charge is 0.193 e. The first-order chi connectivity index (χ1) is 10.3. The lowest BCUT2D eigenvalue weighted by atomic mass is 10.3. The summed E-state index contributed by atoms with van der Waals surface area (Å²) in [6.45, 7) is 1.27. The Bertz CT molecular complexity index is 707. The molecule has 0 aliphatic rings. The largest absolute Gasteiger partial charge is 0.351 e. The highest BCUT2D eigenvalue weighted by Gasteiger charge is 2.04. The average Bonchev–Trinajstić information content (AvgIpc) is 3.10. The Morgan fingerprint density at radius 3 is 2.77 bits per heavy atom. The van der Waals surface area contributed by atoms with Crippen molar-refractivity contribution in [1.29, 1.82) is 0 Å². The predicted molar refractivity (Wildman–Crippen MR) is 99.8 cm³/mol. The number of aliphatic imine (C=N–C) groups is 1. The van der Waals surface area contributed by atoms with E-state index < -0.39 is 0 Å². The summed E-state index contributed by atoms with van der Waals surface area (Å²) in [5.41, 5.74) is 1.96. The molecule has 0 amide bonds. The summed E-state index contributed by atoms with van der Waals surface area (Å²) in [6, 6.07) is 5.85. The highest BCUT2D eigenvalue weighted by atomic mass is 127. The lowest BCUT2D eigenvalue weighted by Gasteiger charge is -2.10. The van der Waals surface area contributed by atoms with Crippen molar-refractivity contribution >= 4 is 46.2 Å².